The number of Topliss-reactive ketones (excluding diaryl/α,β-unsaturated/α-hetero) is 1. The van der Waals surface area contributed by atoms with E-state index in [1.165, 1.54) is 16.7 Å². The van der Waals surface area contributed by atoms with Gasteiger partial charge in [0.15, 0.2) is 5.78 Å². The molecule has 4 nitrogen and oxygen atoms in total. The zero-order valence-corrected chi connectivity index (χ0v) is 18.7. The van der Waals surface area contributed by atoms with Crippen LogP contribution in [-0.2, 0) is 25.8 Å². The van der Waals surface area contributed by atoms with E-state index >= 15 is 0 Å². The third-order valence-electron chi connectivity index (χ3n) is 6.40. The number of carbonyl (C=O) groups excluding carboxylic acids is 1. The second kappa shape index (κ2) is 9.86. The monoisotopic (exact) mass is 436 g/mol. The number of carbonyl (C=O) groups is 1. The molecule has 1 atom stereocenters. The second-order valence-corrected chi connectivity index (χ2v) is 8.61. The Bertz CT molecular complexity index is 1200. The molecule has 1 aliphatic rings. The van der Waals surface area contributed by atoms with Crippen LogP contribution in [0.3, 0.4) is 0 Å². The molecule has 0 fully saturated rings. The summed E-state index contributed by atoms with van der Waals surface area (Å²) in [7, 11) is 0. The summed E-state index contributed by atoms with van der Waals surface area (Å²) in [6.07, 6.45) is 9.65. The first kappa shape index (κ1) is 21.2. The van der Waals surface area contributed by atoms with E-state index in [1.54, 1.807) is 6.20 Å². The molecule has 1 aliphatic carbocycles. The van der Waals surface area contributed by atoms with Crippen molar-refractivity contribution in [3.63, 3.8) is 0 Å². The third kappa shape index (κ3) is 4.90. The molecule has 0 aliphatic heterocycles. The second-order valence-electron chi connectivity index (χ2n) is 8.61. The molecule has 0 bridgehead atoms. The fraction of sp³-hybridized carbons (Fsp3) is 0.241. The Hall–Kier alpha value is -3.66. The molecule has 1 heterocycles. The van der Waals surface area contributed by atoms with Crippen LogP contribution in [0.2, 0.25) is 0 Å². The molecule has 0 amide bonds. The van der Waals surface area contributed by atoms with Crippen molar-refractivity contribution in [2.45, 2.75) is 44.8 Å². The summed E-state index contributed by atoms with van der Waals surface area (Å²) in [6, 6.07) is 24.8. The van der Waals surface area contributed by atoms with Gasteiger partial charge in [-0.05, 0) is 60.1 Å². The van der Waals surface area contributed by atoms with Crippen molar-refractivity contribution < 1.29 is 9.53 Å². The number of hydrogen-bond donors (Lipinski definition) is 0. The number of nitrogens with zero attached hydrogens (tertiary/aromatic N) is 2. The van der Waals surface area contributed by atoms with Crippen LogP contribution in [0.4, 0.5) is 0 Å². The van der Waals surface area contributed by atoms with E-state index < -0.39 is 0 Å². The van der Waals surface area contributed by atoms with Crippen LogP contribution in [0.1, 0.15) is 51.6 Å². The van der Waals surface area contributed by atoms with Crippen LogP contribution >= 0.6 is 0 Å². The van der Waals surface area contributed by atoms with E-state index in [4.69, 9.17) is 4.74 Å². The van der Waals surface area contributed by atoms with E-state index in [9.17, 15) is 4.79 Å². The molecule has 166 valence electrons. The number of aromatic nitrogens is 2. The number of fused-ring (bicyclic) bond motifs is 1. The van der Waals surface area contributed by atoms with Gasteiger partial charge >= 0.3 is 0 Å². The van der Waals surface area contributed by atoms with Gasteiger partial charge in [-0.3, -0.25) is 4.79 Å². The largest absolute Gasteiger partial charge is 0.484 e. The molecule has 0 spiro atoms. The Morgan fingerprint density at radius 3 is 2.45 bits per heavy atom. The van der Waals surface area contributed by atoms with Gasteiger partial charge in [-0.25, -0.2) is 4.98 Å². The first-order chi connectivity index (χ1) is 16.3. The van der Waals surface area contributed by atoms with Gasteiger partial charge in [0.25, 0.3) is 0 Å². The minimum absolute atomic E-state index is 0.159. The van der Waals surface area contributed by atoms with Crippen molar-refractivity contribution in [1.82, 2.24) is 9.55 Å². The first-order valence-electron chi connectivity index (χ1n) is 11.7. The Kier molecular flexibility index (Phi) is 6.34. The SMILES string of the molecule is O=C1CCCc2c1ccc(OC(Cn1ccnc1)c1ccccc1)c2CCc1ccccc1. The molecule has 0 N–H and O–H groups in total. The summed E-state index contributed by atoms with van der Waals surface area (Å²) in [5.41, 5.74) is 5.64. The van der Waals surface area contributed by atoms with Crippen molar-refractivity contribution in [3.8, 4) is 5.75 Å². The number of imidazole rings is 1. The highest BCUT2D eigenvalue weighted by Gasteiger charge is 2.24. The Balaban J connectivity index is 1.50. The van der Waals surface area contributed by atoms with E-state index in [-0.39, 0.29) is 11.9 Å². The van der Waals surface area contributed by atoms with Gasteiger partial charge in [0.05, 0.1) is 12.9 Å². The molecule has 0 saturated heterocycles. The lowest BCUT2D eigenvalue weighted by atomic mass is 9.85. The Labute approximate surface area is 194 Å². The van der Waals surface area contributed by atoms with Crippen molar-refractivity contribution >= 4 is 5.78 Å². The first-order valence-corrected chi connectivity index (χ1v) is 11.7. The molecule has 1 aromatic heterocycles. The number of benzene rings is 3. The summed E-state index contributed by atoms with van der Waals surface area (Å²) in [5.74, 6) is 1.13. The number of aryl methyl sites for hydroxylation is 1. The summed E-state index contributed by atoms with van der Waals surface area (Å²) in [6.45, 7) is 0.665. The lowest BCUT2D eigenvalue weighted by Crippen LogP contribution is -2.18. The van der Waals surface area contributed by atoms with Crippen LogP contribution in [0, 0.1) is 0 Å². The van der Waals surface area contributed by atoms with E-state index in [0.29, 0.717) is 13.0 Å². The molecule has 0 saturated carbocycles. The number of ether oxygens (including phenoxy) is 1. The van der Waals surface area contributed by atoms with Gasteiger partial charge in [0.2, 0.25) is 0 Å². The molecular formula is C29H28N2O2. The maximum atomic E-state index is 12.6. The predicted octanol–water partition coefficient (Wildman–Crippen LogP) is 6.01. The van der Waals surface area contributed by atoms with Crippen molar-refractivity contribution in [3.05, 3.63) is 119 Å². The third-order valence-corrected chi connectivity index (χ3v) is 6.40. The number of ketones is 1. The van der Waals surface area contributed by atoms with Gasteiger partial charge in [-0.15, -0.1) is 0 Å². The minimum atomic E-state index is -0.159. The standard InChI is InChI=1S/C29H28N2O2/c32-27-13-7-12-24-25(27)16-17-28(26(24)15-14-22-8-3-1-4-9-22)33-29(20-31-19-18-30-21-31)23-10-5-2-6-11-23/h1-6,8-11,16-19,21,29H,7,12-15,20H2. The average molecular weight is 437 g/mol. The van der Waals surface area contributed by atoms with E-state index in [1.807, 2.05) is 53.5 Å². The Morgan fingerprint density at radius 2 is 1.70 bits per heavy atom. The summed E-state index contributed by atoms with van der Waals surface area (Å²) in [4.78, 5) is 16.8. The lowest BCUT2D eigenvalue weighted by molar-refractivity contribution is 0.0972. The van der Waals surface area contributed by atoms with Crippen LogP contribution in [0.5, 0.6) is 5.75 Å². The van der Waals surface area contributed by atoms with Crippen LogP contribution in [0.15, 0.2) is 91.5 Å². The average Bonchev–Trinajstić information content (AvgIpc) is 3.37. The van der Waals surface area contributed by atoms with E-state index in [0.717, 1.165) is 42.6 Å². The zero-order chi connectivity index (χ0) is 22.5. The van der Waals surface area contributed by atoms with Crippen molar-refractivity contribution in [2.75, 3.05) is 0 Å². The topological polar surface area (TPSA) is 44.1 Å². The predicted molar refractivity (Wildman–Crippen MR) is 130 cm³/mol. The van der Waals surface area contributed by atoms with Gasteiger partial charge in [-0.1, -0.05) is 60.7 Å². The van der Waals surface area contributed by atoms with Crippen LogP contribution in [0.25, 0.3) is 0 Å². The highest BCUT2D eigenvalue weighted by molar-refractivity contribution is 5.99. The molecule has 3 aromatic carbocycles. The fourth-order valence-electron chi connectivity index (χ4n) is 4.70. The lowest BCUT2D eigenvalue weighted by Gasteiger charge is -2.26. The molecule has 1 unspecified atom stereocenters. The van der Waals surface area contributed by atoms with Gasteiger partial charge in [-0.2, -0.15) is 0 Å². The van der Waals surface area contributed by atoms with Crippen molar-refractivity contribution in [2.24, 2.45) is 0 Å². The van der Waals surface area contributed by atoms with Gasteiger partial charge in [0, 0.05) is 24.4 Å². The summed E-state index contributed by atoms with van der Waals surface area (Å²) < 4.78 is 8.78. The Morgan fingerprint density at radius 1 is 0.909 bits per heavy atom. The van der Waals surface area contributed by atoms with Gasteiger partial charge in [0.1, 0.15) is 11.9 Å². The van der Waals surface area contributed by atoms with Crippen LogP contribution in [-0.4, -0.2) is 15.3 Å². The maximum absolute atomic E-state index is 12.6. The maximum Gasteiger partial charge on any atom is 0.163 e. The summed E-state index contributed by atoms with van der Waals surface area (Å²) >= 11 is 0. The molecule has 4 aromatic rings. The van der Waals surface area contributed by atoms with Crippen LogP contribution < -0.4 is 4.74 Å². The molecule has 0 radical (unpaired) electrons. The number of hydrogen-bond acceptors (Lipinski definition) is 3. The zero-order valence-electron chi connectivity index (χ0n) is 18.7. The van der Waals surface area contributed by atoms with E-state index in [2.05, 4.69) is 41.4 Å². The highest BCUT2D eigenvalue weighted by atomic mass is 16.5. The van der Waals surface area contributed by atoms with Gasteiger partial charge < -0.3 is 9.30 Å². The number of rotatable bonds is 8. The minimum Gasteiger partial charge on any atom is -0.484 e. The molecular weight excluding hydrogens is 408 g/mol. The smallest absolute Gasteiger partial charge is 0.163 e. The quantitative estimate of drug-likeness (QED) is 0.340. The summed E-state index contributed by atoms with van der Waals surface area (Å²) in [5, 5.41) is 0. The molecule has 33 heavy (non-hydrogen) atoms. The highest BCUT2D eigenvalue weighted by Crippen LogP contribution is 2.35. The molecule has 4 heteroatoms. The molecule has 5 rings (SSSR count). The normalized spacial score (nSPS) is 14.0. The fourth-order valence-corrected chi connectivity index (χ4v) is 4.70. The van der Waals surface area contributed by atoms with Crippen molar-refractivity contribution in [1.29, 1.82) is 0 Å².